The van der Waals surface area contributed by atoms with Crippen LogP contribution in [0.15, 0.2) is 23.7 Å². The number of hydrogen-bond donors (Lipinski definition) is 1. The monoisotopic (exact) mass is 270 g/mol. The topological polar surface area (TPSA) is 38.0 Å². The van der Waals surface area contributed by atoms with E-state index in [1.54, 1.807) is 6.07 Å². The van der Waals surface area contributed by atoms with Gasteiger partial charge in [0.15, 0.2) is 0 Å². The highest BCUT2D eigenvalue weighted by Gasteiger charge is 2.13. The molecule has 2 rings (SSSR count). The first-order chi connectivity index (χ1) is 8.06. The van der Waals surface area contributed by atoms with Gasteiger partial charge in [-0.1, -0.05) is 11.6 Å². The molecule has 0 radical (unpaired) electrons. The van der Waals surface area contributed by atoms with Gasteiger partial charge in [-0.05, 0) is 26.0 Å². The number of hydrogen-bond acceptors (Lipinski definition) is 3. The zero-order chi connectivity index (χ0) is 12.4. The van der Waals surface area contributed by atoms with Crippen molar-refractivity contribution < 1.29 is 5.11 Å². The van der Waals surface area contributed by atoms with Gasteiger partial charge < -0.3 is 5.11 Å². The first-order valence-corrected chi connectivity index (χ1v) is 6.78. The van der Waals surface area contributed by atoms with E-state index in [9.17, 15) is 5.11 Å². The molecule has 0 aliphatic carbocycles. The molecule has 2 aromatic rings. The van der Waals surface area contributed by atoms with Gasteiger partial charge in [-0.3, -0.25) is 4.68 Å². The highest BCUT2D eigenvalue weighted by atomic mass is 35.5. The third kappa shape index (κ3) is 3.09. The maximum Gasteiger partial charge on any atom is 0.0938 e. The summed E-state index contributed by atoms with van der Waals surface area (Å²) in [7, 11) is 0. The summed E-state index contributed by atoms with van der Waals surface area (Å²) >= 11 is 7.31. The Labute approximate surface area is 110 Å². The lowest BCUT2D eigenvalue weighted by Gasteiger charge is -2.07. The molecule has 1 atom stereocenters. The molecule has 0 amide bonds. The molecular weight excluding hydrogens is 256 g/mol. The number of nitrogens with zero attached hydrogens (tertiary/aromatic N) is 2. The summed E-state index contributed by atoms with van der Waals surface area (Å²) < 4.78 is 1.89. The molecule has 1 N–H and O–H groups in total. The van der Waals surface area contributed by atoms with Gasteiger partial charge in [0, 0.05) is 28.9 Å². The second kappa shape index (κ2) is 5.21. The fourth-order valence-electron chi connectivity index (χ4n) is 1.58. The summed E-state index contributed by atoms with van der Waals surface area (Å²) in [5, 5.41) is 17.0. The second-order valence-electron chi connectivity index (χ2n) is 4.27. The van der Waals surface area contributed by atoms with Crippen molar-refractivity contribution in [1.29, 1.82) is 0 Å². The molecule has 0 saturated carbocycles. The van der Waals surface area contributed by atoms with Gasteiger partial charge in [-0.15, -0.1) is 11.3 Å². The van der Waals surface area contributed by atoms with Crippen LogP contribution in [-0.4, -0.2) is 14.9 Å². The molecule has 0 saturated heterocycles. The Bertz CT molecular complexity index is 492. The smallest absolute Gasteiger partial charge is 0.0938 e. The minimum Gasteiger partial charge on any atom is -0.387 e. The van der Waals surface area contributed by atoms with Gasteiger partial charge in [0.1, 0.15) is 0 Å². The maximum atomic E-state index is 10.0. The molecule has 0 bridgehead atoms. The van der Waals surface area contributed by atoms with E-state index >= 15 is 0 Å². The average molecular weight is 271 g/mol. The molecule has 2 heterocycles. The Kier molecular flexibility index (Phi) is 3.86. The van der Waals surface area contributed by atoms with E-state index in [1.165, 1.54) is 11.3 Å². The van der Waals surface area contributed by atoms with Crippen LogP contribution in [0.2, 0.25) is 5.02 Å². The normalized spacial score (nSPS) is 13.2. The van der Waals surface area contributed by atoms with E-state index in [0.717, 1.165) is 10.6 Å². The predicted octanol–water partition coefficient (Wildman–Crippen LogP) is 3.46. The van der Waals surface area contributed by atoms with Crippen molar-refractivity contribution in [3.8, 4) is 0 Å². The van der Waals surface area contributed by atoms with Crippen LogP contribution < -0.4 is 0 Å². The van der Waals surface area contributed by atoms with Crippen LogP contribution in [0.5, 0.6) is 0 Å². The minimum absolute atomic E-state index is 0.345. The molecule has 0 aliphatic rings. The summed E-state index contributed by atoms with van der Waals surface area (Å²) in [6, 6.07) is 4.09. The third-order valence-electron chi connectivity index (χ3n) is 2.51. The zero-order valence-electron chi connectivity index (χ0n) is 9.80. The van der Waals surface area contributed by atoms with E-state index in [0.29, 0.717) is 17.5 Å². The van der Waals surface area contributed by atoms with Gasteiger partial charge in [0.2, 0.25) is 0 Å². The van der Waals surface area contributed by atoms with E-state index in [4.69, 9.17) is 11.6 Å². The molecule has 2 aromatic heterocycles. The van der Waals surface area contributed by atoms with Gasteiger partial charge in [0.25, 0.3) is 0 Å². The van der Waals surface area contributed by atoms with Crippen LogP contribution in [0.3, 0.4) is 0 Å². The summed E-state index contributed by atoms with van der Waals surface area (Å²) in [5.74, 6) is 0. The maximum absolute atomic E-state index is 10.0. The lowest BCUT2D eigenvalue weighted by Crippen LogP contribution is -2.04. The number of aliphatic hydroxyl groups excluding tert-OH is 1. The molecular formula is C12H15ClN2OS. The van der Waals surface area contributed by atoms with Gasteiger partial charge in [-0.2, -0.15) is 5.10 Å². The number of aliphatic hydroxyl groups is 1. The first kappa shape index (κ1) is 12.6. The Morgan fingerprint density at radius 2 is 2.29 bits per heavy atom. The molecule has 3 nitrogen and oxygen atoms in total. The molecule has 5 heteroatoms. The lowest BCUT2D eigenvalue weighted by molar-refractivity contribution is 0.180. The van der Waals surface area contributed by atoms with E-state index < -0.39 is 6.10 Å². The minimum atomic E-state index is -0.525. The summed E-state index contributed by atoms with van der Waals surface area (Å²) in [4.78, 5) is 0.883. The Hall–Kier alpha value is -0.840. The number of thiophene rings is 1. The van der Waals surface area contributed by atoms with E-state index in [-0.39, 0.29) is 0 Å². The van der Waals surface area contributed by atoms with Crippen molar-refractivity contribution in [2.75, 3.05) is 0 Å². The van der Waals surface area contributed by atoms with Crippen LogP contribution in [0.1, 0.15) is 36.6 Å². The second-order valence-corrected chi connectivity index (χ2v) is 5.65. The van der Waals surface area contributed by atoms with Crippen LogP contribution in [0, 0.1) is 0 Å². The Morgan fingerprint density at radius 1 is 1.53 bits per heavy atom. The van der Waals surface area contributed by atoms with Crippen molar-refractivity contribution in [3.63, 3.8) is 0 Å². The average Bonchev–Trinajstić information content (AvgIpc) is 2.86. The standard InChI is InChI=1S/C12H15ClN2OS/c1-8(2)15-4-3-10(14-15)6-11(16)12-5-9(13)7-17-12/h3-5,7-8,11,16H,6H2,1-2H3. The largest absolute Gasteiger partial charge is 0.387 e. The highest BCUT2D eigenvalue weighted by Crippen LogP contribution is 2.27. The summed E-state index contributed by atoms with van der Waals surface area (Å²) in [6.45, 7) is 4.15. The summed E-state index contributed by atoms with van der Waals surface area (Å²) in [6.07, 6.45) is 1.94. The molecule has 92 valence electrons. The molecule has 0 fully saturated rings. The third-order valence-corrected chi connectivity index (χ3v) is 3.89. The first-order valence-electron chi connectivity index (χ1n) is 5.52. The number of aromatic nitrogens is 2. The number of halogens is 1. The van der Waals surface area contributed by atoms with Crippen LogP contribution in [0.4, 0.5) is 0 Å². The number of rotatable bonds is 4. The molecule has 0 spiro atoms. The fraction of sp³-hybridized carbons (Fsp3) is 0.417. The SMILES string of the molecule is CC(C)n1ccc(CC(O)c2cc(Cl)cs2)n1. The zero-order valence-corrected chi connectivity index (χ0v) is 11.4. The van der Waals surface area contributed by atoms with Crippen LogP contribution in [0.25, 0.3) is 0 Å². The van der Waals surface area contributed by atoms with Gasteiger partial charge in [0.05, 0.1) is 16.8 Å². The van der Waals surface area contributed by atoms with Gasteiger partial charge in [-0.25, -0.2) is 0 Å². The van der Waals surface area contributed by atoms with E-state index in [2.05, 4.69) is 18.9 Å². The fourth-order valence-corrected chi connectivity index (χ4v) is 2.64. The molecule has 17 heavy (non-hydrogen) atoms. The molecule has 0 aromatic carbocycles. The van der Waals surface area contributed by atoms with Crippen molar-refractivity contribution in [3.05, 3.63) is 39.3 Å². The van der Waals surface area contributed by atoms with E-state index in [1.807, 2.05) is 22.3 Å². The quantitative estimate of drug-likeness (QED) is 0.924. The van der Waals surface area contributed by atoms with Crippen LogP contribution >= 0.6 is 22.9 Å². The van der Waals surface area contributed by atoms with Crippen molar-refractivity contribution in [1.82, 2.24) is 9.78 Å². The van der Waals surface area contributed by atoms with Crippen molar-refractivity contribution >= 4 is 22.9 Å². The Balaban J connectivity index is 2.05. The summed E-state index contributed by atoms with van der Waals surface area (Å²) in [5.41, 5.74) is 0.899. The van der Waals surface area contributed by atoms with Gasteiger partial charge >= 0.3 is 0 Å². The van der Waals surface area contributed by atoms with Crippen LogP contribution in [-0.2, 0) is 6.42 Å². The Morgan fingerprint density at radius 3 is 2.82 bits per heavy atom. The highest BCUT2D eigenvalue weighted by molar-refractivity contribution is 7.10. The lowest BCUT2D eigenvalue weighted by atomic mass is 10.2. The predicted molar refractivity (Wildman–Crippen MR) is 70.6 cm³/mol. The van der Waals surface area contributed by atoms with Crippen molar-refractivity contribution in [2.24, 2.45) is 0 Å². The van der Waals surface area contributed by atoms with Crippen molar-refractivity contribution in [2.45, 2.75) is 32.4 Å². The molecule has 1 unspecified atom stereocenters. The molecule has 0 aliphatic heterocycles.